The first-order valence-electron chi connectivity index (χ1n) is 5.88. The van der Waals surface area contributed by atoms with Crippen molar-refractivity contribution >= 4 is 58.3 Å². The molecule has 21 heavy (non-hydrogen) atoms. The normalized spacial score (nSPS) is 19.8. The average Bonchev–Trinajstić information content (AvgIpc) is 2.75. The first-order valence-corrected chi connectivity index (χ1v) is 6.86. The van der Waals surface area contributed by atoms with Gasteiger partial charge in [0.25, 0.3) is 0 Å². The van der Waals surface area contributed by atoms with Crippen molar-refractivity contribution < 1.29 is 32.7 Å². The number of amides is 1. The zero-order chi connectivity index (χ0) is 15.5. The second kappa shape index (κ2) is 8.40. The van der Waals surface area contributed by atoms with Crippen LogP contribution in [0.4, 0.5) is 13.2 Å². The molecule has 1 N–H and O–H groups in total. The van der Waals surface area contributed by atoms with Gasteiger partial charge in [-0.25, -0.2) is 4.79 Å². The first kappa shape index (κ1) is 20.8. The third kappa shape index (κ3) is 5.80. The van der Waals surface area contributed by atoms with Crippen LogP contribution in [0.1, 0.15) is 19.8 Å². The molecular weight excluding hydrogens is 322 g/mol. The van der Waals surface area contributed by atoms with E-state index < -0.39 is 40.9 Å². The molecule has 0 aromatic rings. The molecule has 0 aromatic heterocycles. The van der Waals surface area contributed by atoms with Crippen LogP contribution in [0.3, 0.4) is 0 Å². The van der Waals surface area contributed by atoms with Gasteiger partial charge in [-0.15, -0.1) is 0 Å². The first-order chi connectivity index (χ1) is 9.14. The van der Waals surface area contributed by atoms with E-state index in [0.717, 1.165) is 11.8 Å². The molecule has 1 rings (SSSR count). The molecule has 2 atom stereocenters. The van der Waals surface area contributed by atoms with Gasteiger partial charge in [-0.2, -0.15) is 13.2 Å². The van der Waals surface area contributed by atoms with Gasteiger partial charge in [0.05, 0.1) is 0 Å². The molecule has 0 aliphatic carbocycles. The van der Waals surface area contributed by atoms with E-state index in [1.54, 1.807) is 0 Å². The summed E-state index contributed by atoms with van der Waals surface area (Å²) in [6, 6.07) is -1.21. The van der Waals surface area contributed by atoms with Crippen molar-refractivity contribution in [3.05, 3.63) is 0 Å². The number of aliphatic carboxylic acids is 1. The molecule has 1 amide bonds. The maximum absolute atomic E-state index is 12.9. The zero-order valence-corrected chi connectivity index (χ0v) is 11.5. The van der Waals surface area contributed by atoms with Crippen molar-refractivity contribution in [2.24, 2.45) is 5.92 Å². The molecule has 1 saturated heterocycles. The van der Waals surface area contributed by atoms with Gasteiger partial charge >= 0.3 is 41.7 Å². The summed E-state index contributed by atoms with van der Waals surface area (Å²) < 4.78 is 38.6. The number of carboxylic acid groups (broad SMARTS) is 1. The summed E-state index contributed by atoms with van der Waals surface area (Å²) in [5, 5.41) is 8.38. The summed E-state index contributed by atoms with van der Waals surface area (Å²) in [7, 11) is 0. The molecule has 0 bridgehead atoms. The second-order valence-electron chi connectivity index (χ2n) is 4.42. The minimum absolute atomic E-state index is 0. The van der Waals surface area contributed by atoms with Crippen molar-refractivity contribution in [2.75, 3.05) is 12.3 Å². The molecule has 1 fully saturated rings. The van der Waals surface area contributed by atoms with Crippen molar-refractivity contribution in [3.63, 3.8) is 0 Å². The molecule has 1 unspecified atom stereocenters. The molecule has 1 aliphatic heterocycles. The van der Waals surface area contributed by atoms with Crippen LogP contribution in [0.5, 0.6) is 0 Å². The van der Waals surface area contributed by atoms with Crippen LogP contribution in [0.25, 0.3) is 0 Å². The fourth-order valence-electron chi connectivity index (χ4n) is 1.99. The van der Waals surface area contributed by atoms with E-state index in [4.69, 9.17) is 5.11 Å². The fraction of sp³-hybridized carbons (Fsp3) is 0.727. The van der Waals surface area contributed by atoms with Crippen LogP contribution in [-0.2, 0) is 14.4 Å². The number of hydrogen-bond acceptors (Lipinski definition) is 4. The van der Waals surface area contributed by atoms with Gasteiger partial charge in [-0.05, 0) is 12.8 Å². The van der Waals surface area contributed by atoms with Gasteiger partial charge < -0.3 is 10.0 Å². The Kier molecular flexibility index (Phi) is 8.30. The topological polar surface area (TPSA) is 74.7 Å². The molecule has 0 saturated carbocycles. The molecule has 10 heteroatoms. The van der Waals surface area contributed by atoms with Gasteiger partial charge in [0.1, 0.15) is 12.0 Å². The number of likely N-dealkylation sites (tertiary alicyclic amines) is 1. The molecule has 0 spiro atoms. The Bertz CT molecular complexity index is 419. The zero-order valence-electron chi connectivity index (χ0n) is 10.6. The SMILES string of the molecule is CC(=O)SCC(C(=O)N1CCC[C@H]1C(=O)O)C(F)(F)F.[NaH]. The predicted octanol–water partition coefficient (Wildman–Crippen LogP) is 0.872. The summed E-state index contributed by atoms with van der Waals surface area (Å²) in [5.74, 6) is -5.65. The maximum atomic E-state index is 12.9. The molecule has 0 radical (unpaired) electrons. The number of rotatable bonds is 4. The van der Waals surface area contributed by atoms with Crippen LogP contribution in [0.2, 0.25) is 0 Å². The quantitative estimate of drug-likeness (QED) is 0.771. The molecular formula is C11H15F3NNaO4S. The van der Waals surface area contributed by atoms with Crippen molar-refractivity contribution in [1.82, 2.24) is 4.90 Å². The molecule has 116 valence electrons. The van der Waals surface area contributed by atoms with Gasteiger partial charge in [0.15, 0.2) is 5.12 Å². The van der Waals surface area contributed by atoms with Crippen LogP contribution < -0.4 is 0 Å². The number of carbonyl (C=O) groups is 3. The van der Waals surface area contributed by atoms with Crippen molar-refractivity contribution in [1.29, 1.82) is 0 Å². The van der Waals surface area contributed by atoms with Crippen LogP contribution in [0, 0.1) is 5.92 Å². The minimum atomic E-state index is -4.80. The Morgan fingerprint density at radius 2 is 1.95 bits per heavy atom. The summed E-state index contributed by atoms with van der Waals surface area (Å²) in [5.41, 5.74) is 0. The molecule has 0 aromatic carbocycles. The van der Waals surface area contributed by atoms with E-state index >= 15 is 0 Å². The number of hydrogen-bond donors (Lipinski definition) is 1. The van der Waals surface area contributed by atoms with Gasteiger partial charge in [-0.1, -0.05) is 11.8 Å². The number of halogens is 3. The van der Waals surface area contributed by atoms with Crippen molar-refractivity contribution in [3.8, 4) is 0 Å². The van der Waals surface area contributed by atoms with Gasteiger partial charge in [-0.3, -0.25) is 9.59 Å². The number of alkyl halides is 3. The third-order valence-electron chi connectivity index (χ3n) is 2.97. The molecule has 5 nitrogen and oxygen atoms in total. The Morgan fingerprint density at radius 1 is 1.38 bits per heavy atom. The van der Waals surface area contributed by atoms with Crippen LogP contribution >= 0.6 is 11.8 Å². The van der Waals surface area contributed by atoms with Crippen LogP contribution in [-0.4, -0.2) is 81.1 Å². The standard InChI is InChI=1S/C11H14F3NO4S.Na.H/c1-6(16)20-5-7(11(12,13)14)9(17)15-4-2-3-8(15)10(18)19;;/h7-8H,2-5H2,1H3,(H,18,19);;/t7?,8-;;/m0../s1. The predicted molar refractivity (Wildman–Crippen MR) is 72.2 cm³/mol. The summed E-state index contributed by atoms with van der Waals surface area (Å²) in [4.78, 5) is 34.4. The van der Waals surface area contributed by atoms with Crippen molar-refractivity contribution in [2.45, 2.75) is 32.0 Å². The Labute approximate surface area is 145 Å². The number of nitrogens with zero attached hydrogens (tertiary/aromatic N) is 1. The number of carboxylic acids is 1. The fourth-order valence-corrected chi connectivity index (χ4v) is 2.73. The second-order valence-corrected chi connectivity index (χ2v) is 5.62. The summed E-state index contributed by atoms with van der Waals surface area (Å²) in [6.45, 7) is 1.10. The molecule has 1 heterocycles. The van der Waals surface area contributed by atoms with E-state index in [2.05, 4.69) is 0 Å². The van der Waals surface area contributed by atoms with E-state index in [1.807, 2.05) is 0 Å². The van der Waals surface area contributed by atoms with E-state index in [0.29, 0.717) is 18.2 Å². The van der Waals surface area contributed by atoms with Gasteiger partial charge in [0.2, 0.25) is 5.91 Å². The monoisotopic (exact) mass is 337 g/mol. The Hall–Kier alpha value is -0.250. The summed E-state index contributed by atoms with van der Waals surface area (Å²) in [6.07, 6.45) is -4.30. The number of carbonyl (C=O) groups excluding carboxylic acids is 2. The van der Waals surface area contributed by atoms with E-state index in [-0.39, 0.29) is 42.5 Å². The third-order valence-corrected chi connectivity index (χ3v) is 3.87. The van der Waals surface area contributed by atoms with E-state index in [9.17, 15) is 27.6 Å². The Balaban J connectivity index is 0.00000400. The van der Waals surface area contributed by atoms with E-state index in [1.165, 1.54) is 0 Å². The summed E-state index contributed by atoms with van der Waals surface area (Å²) >= 11 is 0.409. The van der Waals surface area contributed by atoms with Crippen LogP contribution in [0.15, 0.2) is 0 Å². The molecule has 1 aliphatic rings. The Morgan fingerprint density at radius 3 is 2.38 bits per heavy atom. The number of thioether (sulfide) groups is 1. The van der Waals surface area contributed by atoms with Gasteiger partial charge in [0, 0.05) is 19.2 Å². The average molecular weight is 337 g/mol.